The molecule has 0 aromatic heterocycles. The van der Waals surface area contributed by atoms with Crippen molar-refractivity contribution in [2.24, 2.45) is 0 Å². The molecule has 0 bridgehead atoms. The van der Waals surface area contributed by atoms with Gasteiger partial charge >= 0.3 is 0 Å². The zero-order valence-electron chi connectivity index (χ0n) is 11.0. The van der Waals surface area contributed by atoms with Crippen LogP contribution < -0.4 is 5.32 Å². The minimum absolute atomic E-state index is 0.0503. The molecule has 1 aliphatic heterocycles. The van der Waals surface area contributed by atoms with E-state index in [2.05, 4.69) is 17.4 Å². The predicted octanol–water partition coefficient (Wildman–Crippen LogP) is 3.79. The van der Waals surface area contributed by atoms with Crippen LogP contribution in [0, 0.1) is 0 Å². The average Bonchev–Trinajstić information content (AvgIpc) is 2.97. The van der Waals surface area contributed by atoms with Crippen LogP contribution in [0.5, 0.6) is 0 Å². The van der Waals surface area contributed by atoms with E-state index in [1.54, 1.807) is 17.8 Å². The van der Waals surface area contributed by atoms with Crippen molar-refractivity contribution in [3.63, 3.8) is 0 Å². The Balaban J connectivity index is 1.71. The molecule has 0 amide bonds. The van der Waals surface area contributed by atoms with E-state index in [0.29, 0.717) is 0 Å². The van der Waals surface area contributed by atoms with Gasteiger partial charge < -0.3 is 5.32 Å². The third-order valence-electron chi connectivity index (χ3n) is 3.24. The summed E-state index contributed by atoms with van der Waals surface area (Å²) in [7, 11) is 0. The Morgan fingerprint density at radius 3 is 2.40 bits per heavy atom. The lowest BCUT2D eigenvalue weighted by Crippen LogP contribution is -2.14. The van der Waals surface area contributed by atoms with Gasteiger partial charge in [-0.15, -0.1) is 11.8 Å². The highest BCUT2D eigenvalue weighted by molar-refractivity contribution is 8.03. The number of thioether (sulfide) groups is 1. The first kappa shape index (κ1) is 13.0. The molecule has 1 saturated heterocycles. The number of carbonyl (C=O) groups excluding carboxylic acids is 1. The molecule has 1 atom stereocenters. The summed E-state index contributed by atoms with van der Waals surface area (Å²) >= 11 is 1.70. The van der Waals surface area contributed by atoms with E-state index >= 15 is 0 Å². The van der Waals surface area contributed by atoms with Crippen LogP contribution in [0.2, 0.25) is 0 Å². The number of rotatable bonds is 3. The molecular formula is C17H15NOS. The molecule has 0 spiro atoms. The summed E-state index contributed by atoms with van der Waals surface area (Å²) in [4.78, 5) is 12.1. The first-order valence-corrected chi connectivity index (χ1v) is 7.57. The van der Waals surface area contributed by atoms with Crippen molar-refractivity contribution in [1.82, 2.24) is 5.32 Å². The van der Waals surface area contributed by atoms with E-state index in [-0.39, 0.29) is 11.8 Å². The highest BCUT2D eigenvalue weighted by atomic mass is 32.2. The van der Waals surface area contributed by atoms with Crippen molar-refractivity contribution in [2.45, 2.75) is 6.04 Å². The first-order valence-electron chi connectivity index (χ1n) is 6.58. The molecule has 3 heteroatoms. The number of nitrogens with one attached hydrogen (secondary N) is 1. The zero-order valence-corrected chi connectivity index (χ0v) is 11.8. The monoisotopic (exact) mass is 281 g/mol. The second-order valence-corrected chi connectivity index (χ2v) is 5.72. The lowest BCUT2D eigenvalue weighted by molar-refractivity contribution is 0.104. The molecule has 0 aliphatic carbocycles. The summed E-state index contributed by atoms with van der Waals surface area (Å²) in [6, 6.07) is 20.0. The smallest absolute Gasteiger partial charge is 0.188 e. The zero-order chi connectivity index (χ0) is 13.8. The van der Waals surface area contributed by atoms with Gasteiger partial charge in [-0.1, -0.05) is 60.7 Å². The average molecular weight is 281 g/mol. The molecule has 0 unspecified atom stereocenters. The molecule has 1 N–H and O–H groups in total. The molecule has 1 heterocycles. The van der Waals surface area contributed by atoms with Crippen LogP contribution in [0.25, 0.3) is 0 Å². The molecule has 2 aromatic carbocycles. The van der Waals surface area contributed by atoms with E-state index in [0.717, 1.165) is 16.3 Å². The van der Waals surface area contributed by atoms with Crippen molar-refractivity contribution in [3.8, 4) is 0 Å². The van der Waals surface area contributed by atoms with Crippen molar-refractivity contribution in [2.75, 3.05) is 5.75 Å². The highest BCUT2D eigenvalue weighted by Gasteiger charge is 2.21. The third-order valence-corrected chi connectivity index (χ3v) is 4.29. The maximum atomic E-state index is 12.1. The van der Waals surface area contributed by atoms with E-state index in [9.17, 15) is 4.79 Å². The van der Waals surface area contributed by atoms with Crippen LogP contribution in [0.15, 0.2) is 71.8 Å². The van der Waals surface area contributed by atoms with Gasteiger partial charge in [-0.25, -0.2) is 0 Å². The first-order chi connectivity index (χ1) is 9.83. The predicted molar refractivity (Wildman–Crippen MR) is 83.6 cm³/mol. The van der Waals surface area contributed by atoms with Crippen molar-refractivity contribution >= 4 is 17.5 Å². The lowest BCUT2D eigenvalue weighted by atomic mass is 10.1. The lowest BCUT2D eigenvalue weighted by Gasteiger charge is -2.09. The summed E-state index contributed by atoms with van der Waals surface area (Å²) in [5.41, 5.74) is 1.99. The minimum Gasteiger partial charge on any atom is -0.372 e. The molecule has 0 saturated carbocycles. The molecule has 1 fully saturated rings. The number of hydrogen-bond acceptors (Lipinski definition) is 3. The van der Waals surface area contributed by atoms with Gasteiger partial charge in [-0.3, -0.25) is 4.79 Å². The summed E-state index contributed by atoms with van der Waals surface area (Å²) in [5.74, 6) is 1.01. The number of hydrogen-bond donors (Lipinski definition) is 1. The molecule has 0 radical (unpaired) electrons. The van der Waals surface area contributed by atoms with Gasteiger partial charge in [0.2, 0.25) is 0 Å². The van der Waals surface area contributed by atoms with Crippen molar-refractivity contribution in [1.29, 1.82) is 0 Å². The van der Waals surface area contributed by atoms with Crippen molar-refractivity contribution in [3.05, 3.63) is 82.9 Å². The van der Waals surface area contributed by atoms with Gasteiger partial charge in [0.25, 0.3) is 0 Å². The standard InChI is InChI=1S/C17H15NOS/c19-16(14-9-5-2-6-10-14)11-17-18-15(12-20-17)13-7-3-1-4-8-13/h1-11,15,18H,12H2/t15-/m1/s1. The summed E-state index contributed by atoms with van der Waals surface area (Å²) in [6.45, 7) is 0. The van der Waals surface area contributed by atoms with Gasteiger partial charge in [-0.2, -0.15) is 0 Å². The Hall–Kier alpha value is -2.00. The second-order valence-electron chi connectivity index (χ2n) is 4.66. The second kappa shape index (κ2) is 5.97. The SMILES string of the molecule is O=C(C=C1N[C@@H](c2ccccc2)CS1)c1ccccc1. The van der Waals surface area contributed by atoms with Crippen LogP contribution in [-0.4, -0.2) is 11.5 Å². The Morgan fingerprint density at radius 1 is 1.05 bits per heavy atom. The summed E-state index contributed by atoms with van der Waals surface area (Å²) in [6.07, 6.45) is 1.70. The van der Waals surface area contributed by atoms with Gasteiger partial charge in [0.1, 0.15) is 0 Å². The van der Waals surface area contributed by atoms with E-state index < -0.39 is 0 Å². The summed E-state index contributed by atoms with van der Waals surface area (Å²) < 4.78 is 0. The van der Waals surface area contributed by atoms with E-state index in [1.807, 2.05) is 48.5 Å². The molecule has 2 aromatic rings. The van der Waals surface area contributed by atoms with Crippen molar-refractivity contribution < 1.29 is 4.79 Å². The molecule has 20 heavy (non-hydrogen) atoms. The van der Waals surface area contributed by atoms with E-state index in [1.165, 1.54) is 5.56 Å². The third kappa shape index (κ3) is 2.94. The molecule has 3 rings (SSSR count). The molecule has 100 valence electrons. The Bertz CT molecular complexity index is 622. The van der Waals surface area contributed by atoms with Gasteiger partial charge in [-0.05, 0) is 5.56 Å². The van der Waals surface area contributed by atoms with Gasteiger partial charge in [0.05, 0.1) is 11.1 Å². The number of benzene rings is 2. The number of allylic oxidation sites excluding steroid dienone is 1. The fraction of sp³-hybridized carbons (Fsp3) is 0.118. The Morgan fingerprint density at radius 2 is 1.70 bits per heavy atom. The topological polar surface area (TPSA) is 29.1 Å². The largest absolute Gasteiger partial charge is 0.372 e. The normalized spacial score (nSPS) is 19.8. The van der Waals surface area contributed by atoms with Crippen LogP contribution >= 0.6 is 11.8 Å². The van der Waals surface area contributed by atoms with Gasteiger partial charge in [0, 0.05) is 17.4 Å². The number of carbonyl (C=O) groups is 1. The van der Waals surface area contributed by atoms with Crippen LogP contribution in [0.4, 0.5) is 0 Å². The molecular weight excluding hydrogens is 266 g/mol. The number of ketones is 1. The highest BCUT2D eigenvalue weighted by Crippen LogP contribution is 2.31. The maximum Gasteiger partial charge on any atom is 0.188 e. The van der Waals surface area contributed by atoms with Crippen LogP contribution in [0.3, 0.4) is 0 Å². The minimum atomic E-state index is 0.0503. The van der Waals surface area contributed by atoms with Crippen LogP contribution in [0.1, 0.15) is 22.0 Å². The summed E-state index contributed by atoms with van der Waals surface area (Å²) in [5, 5.41) is 4.36. The maximum absolute atomic E-state index is 12.1. The Kier molecular flexibility index (Phi) is 3.88. The van der Waals surface area contributed by atoms with Crippen LogP contribution in [-0.2, 0) is 0 Å². The quantitative estimate of drug-likeness (QED) is 0.685. The molecule has 2 nitrogen and oxygen atoms in total. The van der Waals surface area contributed by atoms with Gasteiger partial charge in [0.15, 0.2) is 5.78 Å². The molecule has 1 aliphatic rings. The Labute approximate surface area is 122 Å². The fourth-order valence-corrected chi connectivity index (χ4v) is 3.22. The van der Waals surface area contributed by atoms with E-state index in [4.69, 9.17) is 0 Å². The fourth-order valence-electron chi connectivity index (χ4n) is 2.18.